The number of unbranched alkanes of at least 4 members (excludes halogenated alkanes) is 1. The zero-order chi connectivity index (χ0) is 12.8. The second-order valence-corrected chi connectivity index (χ2v) is 7.19. The van der Waals surface area contributed by atoms with Crippen molar-refractivity contribution in [2.45, 2.75) is 46.6 Å². The van der Waals surface area contributed by atoms with Crippen LogP contribution in [0.1, 0.15) is 40.5 Å². The summed E-state index contributed by atoms with van der Waals surface area (Å²) in [5, 5.41) is 0. The van der Waals surface area contributed by atoms with Crippen molar-refractivity contribution in [2.75, 3.05) is 18.2 Å². The largest absolute Gasteiger partial charge is 0.214 e. The van der Waals surface area contributed by atoms with Crippen molar-refractivity contribution in [3.63, 3.8) is 0 Å². The first-order chi connectivity index (χ1) is 7.31. The first-order valence-electron chi connectivity index (χ1n) is 5.86. The van der Waals surface area contributed by atoms with E-state index in [4.69, 9.17) is 11.6 Å². The summed E-state index contributed by atoms with van der Waals surface area (Å²) in [5.41, 5.74) is 0. The minimum atomic E-state index is -3.11. The summed E-state index contributed by atoms with van der Waals surface area (Å²) in [6.45, 7) is 8.50. The normalized spacial score (nSPS) is 13.0. The molecule has 0 unspecified atom stereocenters. The number of alkyl halides is 1. The van der Waals surface area contributed by atoms with Crippen molar-refractivity contribution in [1.82, 2.24) is 4.31 Å². The number of hydrogen-bond donors (Lipinski definition) is 0. The molecule has 98 valence electrons. The van der Waals surface area contributed by atoms with Gasteiger partial charge in [-0.3, -0.25) is 0 Å². The van der Waals surface area contributed by atoms with Gasteiger partial charge in [0.15, 0.2) is 0 Å². The Bertz CT molecular complexity index is 276. The van der Waals surface area contributed by atoms with Crippen LogP contribution in [0.3, 0.4) is 0 Å². The molecule has 0 amide bonds. The van der Waals surface area contributed by atoms with Crippen molar-refractivity contribution < 1.29 is 8.42 Å². The molecule has 0 aliphatic carbocycles. The maximum atomic E-state index is 12.1. The summed E-state index contributed by atoms with van der Waals surface area (Å²) in [7, 11) is -3.11. The minimum Gasteiger partial charge on any atom is -0.212 e. The van der Waals surface area contributed by atoms with Gasteiger partial charge in [0.05, 0.1) is 5.75 Å². The second-order valence-electron chi connectivity index (χ2n) is 4.77. The summed E-state index contributed by atoms with van der Waals surface area (Å²) in [4.78, 5) is 0. The third-order valence-electron chi connectivity index (χ3n) is 2.26. The van der Waals surface area contributed by atoms with Crippen molar-refractivity contribution >= 4 is 21.6 Å². The number of sulfonamides is 1. The lowest BCUT2D eigenvalue weighted by molar-refractivity contribution is 0.318. The van der Waals surface area contributed by atoms with Crippen molar-refractivity contribution in [1.29, 1.82) is 0 Å². The molecule has 0 N–H and O–H groups in total. The molecule has 0 bridgehead atoms. The van der Waals surface area contributed by atoms with E-state index in [9.17, 15) is 8.42 Å². The molecule has 0 saturated carbocycles. The molecular weight excluding hydrogens is 246 g/mol. The van der Waals surface area contributed by atoms with Crippen LogP contribution in [0.5, 0.6) is 0 Å². The van der Waals surface area contributed by atoms with Gasteiger partial charge in [0.2, 0.25) is 10.0 Å². The summed E-state index contributed by atoms with van der Waals surface area (Å²) in [6.07, 6.45) is 1.40. The predicted octanol–water partition coefficient (Wildman–Crippen LogP) is 2.70. The molecule has 0 rings (SSSR count). The smallest absolute Gasteiger partial charge is 0.212 e. The fourth-order valence-electron chi connectivity index (χ4n) is 1.50. The quantitative estimate of drug-likeness (QED) is 0.502. The van der Waals surface area contributed by atoms with Gasteiger partial charge in [0.1, 0.15) is 0 Å². The van der Waals surface area contributed by atoms with Gasteiger partial charge in [-0.05, 0) is 32.6 Å². The maximum Gasteiger partial charge on any atom is 0.214 e. The zero-order valence-corrected chi connectivity index (χ0v) is 12.3. The van der Waals surface area contributed by atoms with Crippen LogP contribution < -0.4 is 0 Å². The molecule has 5 heteroatoms. The van der Waals surface area contributed by atoms with Crippen LogP contribution in [0.2, 0.25) is 0 Å². The van der Waals surface area contributed by atoms with E-state index >= 15 is 0 Å². The lowest BCUT2D eigenvalue weighted by Crippen LogP contribution is -2.40. The second kappa shape index (κ2) is 7.51. The van der Waals surface area contributed by atoms with Gasteiger partial charge >= 0.3 is 0 Å². The first-order valence-corrected chi connectivity index (χ1v) is 8.01. The Morgan fingerprint density at radius 3 is 2.06 bits per heavy atom. The number of nitrogens with zero attached hydrogens (tertiary/aromatic N) is 1. The molecule has 0 aliphatic heterocycles. The Balaban J connectivity index is 4.51. The van der Waals surface area contributed by atoms with E-state index in [-0.39, 0.29) is 11.8 Å². The number of halogens is 1. The van der Waals surface area contributed by atoms with Gasteiger partial charge in [-0.2, -0.15) is 4.31 Å². The number of hydrogen-bond acceptors (Lipinski definition) is 2. The third-order valence-corrected chi connectivity index (χ3v) is 4.62. The zero-order valence-electron chi connectivity index (χ0n) is 10.7. The summed E-state index contributed by atoms with van der Waals surface area (Å²) < 4.78 is 25.7. The van der Waals surface area contributed by atoms with Crippen LogP contribution in [-0.2, 0) is 10.0 Å². The third kappa shape index (κ3) is 6.06. The van der Waals surface area contributed by atoms with Crippen LogP contribution in [-0.4, -0.2) is 36.9 Å². The summed E-state index contributed by atoms with van der Waals surface area (Å²) >= 11 is 5.55. The van der Waals surface area contributed by atoms with E-state index in [1.54, 1.807) is 4.31 Å². The monoisotopic (exact) mass is 269 g/mol. The lowest BCUT2D eigenvalue weighted by atomic mass is 10.2. The van der Waals surface area contributed by atoms with E-state index in [1.807, 2.05) is 27.7 Å². The Morgan fingerprint density at radius 1 is 1.12 bits per heavy atom. The molecule has 0 aromatic heterocycles. The highest BCUT2D eigenvalue weighted by Crippen LogP contribution is 2.12. The maximum absolute atomic E-state index is 12.1. The van der Waals surface area contributed by atoms with Crippen LogP contribution in [0.4, 0.5) is 0 Å². The Hall–Kier alpha value is 0.200. The van der Waals surface area contributed by atoms with Crippen molar-refractivity contribution in [3.05, 3.63) is 0 Å². The molecule has 0 spiro atoms. The highest BCUT2D eigenvalue weighted by atomic mass is 35.5. The van der Waals surface area contributed by atoms with Crippen LogP contribution in [0.15, 0.2) is 0 Å². The van der Waals surface area contributed by atoms with Gasteiger partial charge in [-0.1, -0.05) is 13.8 Å². The summed E-state index contributed by atoms with van der Waals surface area (Å²) in [6, 6.07) is 0.0309. The Labute approximate surface area is 105 Å². The topological polar surface area (TPSA) is 37.4 Å². The highest BCUT2D eigenvalue weighted by Gasteiger charge is 2.24. The molecule has 0 atom stereocenters. The van der Waals surface area contributed by atoms with E-state index in [2.05, 4.69) is 0 Å². The predicted molar refractivity (Wildman–Crippen MR) is 70.4 cm³/mol. The van der Waals surface area contributed by atoms with Gasteiger partial charge in [0.25, 0.3) is 0 Å². The SMILES string of the molecule is CC(C)CN(C(C)C)S(=O)(=O)CCCCCl. The molecular formula is C11H24ClNO2S. The fourth-order valence-corrected chi connectivity index (χ4v) is 3.66. The van der Waals surface area contributed by atoms with Gasteiger partial charge in [0, 0.05) is 18.5 Å². The van der Waals surface area contributed by atoms with Gasteiger partial charge in [-0.15, -0.1) is 11.6 Å². The van der Waals surface area contributed by atoms with E-state index < -0.39 is 10.0 Å². The molecule has 0 aliphatic rings. The highest BCUT2D eigenvalue weighted by molar-refractivity contribution is 7.89. The van der Waals surface area contributed by atoms with Crippen LogP contribution >= 0.6 is 11.6 Å². The average Bonchev–Trinajstić information content (AvgIpc) is 2.13. The molecule has 16 heavy (non-hydrogen) atoms. The summed E-state index contributed by atoms with van der Waals surface area (Å²) in [5.74, 6) is 1.09. The minimum absolute atomic E-state index is 0.0309. The molecule has 0 saturated heterocycles. The van der Waals surface area contributed by atoms with E-state index in [0.29, 0.717) is 24.8 Å². The molecule has 0 heterocycles. The Morgan fingerprint density at radius 2 is 1.69 bits per heavy atom. The number of rotatable bonds is 8. The molecule has 0 fully saturated rings. The van der Waals surface area contributed by atoms with Crippen molar-refractivity contribution in [2.24, 2.45) is 5.92 Å². The molecule has 0 aromatic carbocycles. The van der Waals surface area contributed by atoms with Crippen LogP contribution in [0.25, 0.3) is 0 Å². The fraction of sp³-hybridized carbons (Fsp3) is 1.00. The lowest BCUT2D eigenvalue weighted by Gasteiger charge is -2.27. The first kappa shape index (κ1) is 16.2. The average molecular weight is 270 g/mol. The molecule has 0 aromatic rings. The molecule has 3 nitrogen and oxygen atoms in total. The Kier molecular flexibility index (Phi) is 7.61. The van der Waals surface area contributed by atoms with Crippen molar-refractivity contribution in [3.8, 4) is 0 Å². The van der Waals surface area contributed by atoms with E-state index in [0.717, 1.165) is 6.42 Å². The van der Waals surface area contributed by atoms with Gasteiger partial charge < -0.3 is 0 Å². The standard InChI is InChI=1S/C11H24ClNO2S/c1-10(2)9-13(11(3)4)16(14,15)8-6-5-7-12/h10-11H,5-9H2,1-4H3. The van der Waals surface area contributed by atoms with Crippen LogP contribution in [0, 0.1) is 5.92 Å². The van der Waals surface area contributed by atoms with Gasteiger partial charge in [-0.25, -0.2) is 8.42 Å². The van der Waals surface area contributed by atoms with E-state index in [1.165, 1.54) is 0 Å². The molecule has 0 radical (unpaired) electrons.